The minimum absolute atomic E-state index is 0.00133. The van der Waals surface area contributed by atoms with E-state index >= 15 is 0 Å². The molecule has 1 aromatic carbocycles. The molecule has 0 saturated carbocycles. The van der Waals surface area contributed by atoms with Gasteiger partial charge in [0.15, 0.2) is 9.84 Å². The van der Waals surface area contributed by atoms with Crippen molar-refractivity contribution in [2.45, 2.75) is 31.2 Å². The lowest BCUT2D eigenvalue weighted by Gasteiger charge is -2.41. The van der Waals surface area contributed by atoms with Crippen LogP contribution in [0, 0.1) is 0 Å². The number of hydrogen-bond acceptors (Lipinski definition) is 4. The molecule has 19 heavy (non-hydrogen) atoms. The van der Waals surface area contributed by atoms with Crippen molar-refractivity contribution >= 4 is 15.5 Å². The van der Waals surface area contributed by atoms with E-state index in [9.17, 15) is 8.42 Å². The summed E-state index contributed by atoms with van der Waals surface area (Å²) >= 11 is 0. The Morgan fingerprint density at radius 1 is 1.32 bits per heavy atom. The Hall–Kier alpha value is -1.07. The van der Waals surface area contributed by atoms with E-state index in [2.05, 4.69) is 24.1 Å². The molecule has 1 aliphatic rings. The maximum Gasteiger partial charge on any atom is 0.180 e. The molecule has 0 spiro atoms. The molecule has 1 aliphatic heterocycles. The van der Waals surface area contributed by atoms with Gasteiger partial charge in [-0.05, 0) is 26.0 Å². The summed E-state index contributed by atoms with van der Waals surface area (Å²) in [5.41, 5.74) is 0.834. The Balaban J connectivity index is 2.41. The van der Waals surface area contributed by atoms with Crippen LogP contribution >= 0.6 is 0 Å². The zero-order valence-electron chi connectivity index (χ0n) is 11.8. The first-order valence-electron chi connectivity index (χ1n) is 6.67. The van der Waals surface area contributed by atoms with Crippen LogP contribution in [0.15, 0.2) is 29.2 Å². The number of para-hydroxylation sites is 1. The van der Waals surface area contributed by atoms with Gasteiger partial charge in [-0.3, -0.25) is 0 Å². The van der Waals surface area contributed by atoms with E-state index < -0.39 is 9.84 Å². The van der Waals surface area contributed by atoms with Crippen molar-refractivity contribution in [2.75, 3.05) is 30.3 Å². The van der Waals surface area contributed by atoms with E-state index in [1.165, 1.54) is 0 Å². The molecular weight excluding hydrogens is 260 g/mol. The summed E-state index contributed by atoms with van der Waals surface area (Å²) in [5, 5.41) is 3.44. The van der Waals surface area contributed by atoms with Crippen molar-refractivity contribution < 1.29 is 8.42 Å². The number of benzene rings is 1. The third kappa shape index (κ3) is 3.09. The molecule has 0 unspecified atom stereocenters. The van der Waals surface area contributed by atoms with Gasteiger partial charge in [-0.2, -0.15) is 0 Å². The number of piperazine rings is 1. The Morgan fingerprint density at radius 3 is 2.63 bits per heavy atom. The second-order valence-electron chi connectivity index (χ2n) is 5.60. The summed E-state index contributed by atoms with van der Waals surface area (Å²) in [4.78, 5) is 2.62. The first-order valence-corrected chi connectivity index (χ1v) is 8.33. The highest BCUT2D eigenvalue weighted by Crippen LogP contribution is 2.28. The van der Waals surface area contributed by atoms with Crippen LogP contribution in [0.3, 0.4) is 0 Å². The third-order valence-electron chi connectivity index (χ3n) is 3.49. The molecule has 1 fully saturated rings. The number of hydrogen-bond donors (Lipinski definition) is 1. The molecule has 0 amide bonds. The monoisotopic (exact) mass is 282 g/mol. The lowest BCUT2D eigenvalue weighted by atomic mass is 10.0. The zero-order chi connectivity index (χ0) is 14.1. The van der Waals surface area contributed by atoms with Crippen LogP contribution in [-0.2, 0) is 9.84 Å². The topological polar surface area (TPSA) is 49.4 Å². The largest absolute Gasteiger partial charge is 0.367 e. The first kappa shape index (κ1) is 14.3. The first-order chi connectivity index (χ1) is 8.86. The fraction of sp³-hybridized carbons (Fsp3) is 0.571. The molecule has 0 atom stereocenters. The fourth-order valence-electron chi connectivity index (χ4n) is 2.48. The SMILES string of the molecule is CCS(=O)(=O)c1ccccc1N1CCNC(C)(C)C1. The average Bonchev–Trinajstić information content (AvgIpc) is 2.37. The predicted molar refractivity (Wildman–Crippen MR) is 78.5 cm³/mol. The van der Waals surface area contributed by atoms with Crippen molar-refractivity contribution in [3.63, 3.8) is 0 Å². The van der Waals surface area contributed by atoms with Crippen LogP contribution in [0.5, 0.6) is 0 Å². The van der Waals surface area contributed by atoms with Gasteiger partial charge in [0.1, 0.15) is 0 Å². The molecule has 1 aromatic rings. The van der Waals surface area contributed by atoms with Gasteiger partial charge in [0.2, 0.25) is 0 Å². The smallest absolute Gasteiger partial charge is 0.180 e. The van der Waals surface area contributed by atoms with E-state index in [0.29, 0.717) is 4.90 Å². The Morgan fingerprint density at radius 2 is 2.00 bits per heavy atom. The minimum atomic E-state index is -3.18. The Kier molecular flexibility index (Phi) is 3.87. The molecule has 0 radical (unpaired) electrons. The van der Waals surface area contributed by atoms with Crippen LogP contribution < -0.4 is 10.2 Å². The molecule has 1 heterocycles. The lowest BCUT2D eigenvalue weighted by molar-refractivity contribution is 0.352. The molecule has 4 nitrogen and oxygen atoms in total. The molecule has 5 heteroatoms. The van der Waals surface area contributed by atoms with Crippen LogP contribution in [0.2, 0.25) is 0 Å². The van der Waals surface area contributed by atoms with Gasteiger partial charge in [-0.1, -0.05) is 19.1 Å². The second kappa shape index (κ2) is 5.13. The van der Waals surface area contributed by atoms with Gasteiger partial charge < -0.3 is 10.2 Å². The molecule has 0 aliphatic carbocycles. The number of nitrogens with zero attached hydrogens (tertiary/aromatic N) is 1. The molecule has 1 N–H and O–H groups in total. The average molecular weight is 282 g/mol. The fourth-order valence-corrected chi connectivity index (χ4v) is 3.60. The van der Waals surface area contributed by atoms with Gasteiger partial charge in [-0.25, -0.2) is 8.42 Å². The van der Waals surface area contributed by atoms with Crippen LogP contribution in [0.1, 0.15) is 20.8 Å². The van der Waals surface area contributed by atoms with Gasteiger partial charge in [0.25, 0.3) is 0 Å². The van der Waals surface area contributed by atoms with Crippen molar-refractivity contribution in [1.29, 1.82) is 0 Å². The van der Waals surface area contributed by atoms with E-state index in [4.69, 9.17) is 0 Å². The van der Waals surface area contributed by atoms with E-state index in [-0.39, 0.29) is 11.3 Å². The maximum atomic E-state index is 12.2. The zero-order valence-corrected chi connectivity index (χ0v) is 12.6. The number of rotatable bonds is 3. The maximum absolute atomic E-state index is 12.2. The van der Waals surface area contributed by atoms with Gasteiger partial charge >= 0.3 is 0 Å². The number of anilines is 1. The van der Waals surface area contributed by atoms with Crippen LogP contribution in [-0.4, -0.2) is 39.3 Å². The van der Waals surface area contributed by atoms with Crippen LogP contribution in [0.25, 0.3) is 0 Å². The summed E-state index contributed by atoms with van der Waals surface area (Å²) in [6, 6.07) is 7.31. The normalized spacial score (nSPS) is 19.4. The quantitative estimate of drug-likeness (QED) is 0.916. The van der Waals surface area contributed by atoms with Gasteiger partial charge in [0, 0.05) is 25.2 Å². The van der Waals surface area contributed by atoms with Crippen molar-refractivity contribution in [3.8, 4) is 0 Å². The van der Waals surface area contributed by atoms with E-state index in [1.54, 1.807) is 19.1 Å². The highest BCUT2D eigenvalue weighted by atomic mass is 32.2. The lowest BCUT2D eigenvalue weighted by Crippen LogP contribution is -2.57. The highest BCUT2D eigenvalue weighted by Gasteiger charge is 2.28. The van der Waals surface area contributed by atoms with E-state index in [0.717, 1.165) is 25.3 Å². The van der Waals surface area contributed by atoms with Crippen molar-refractivity contribution in [1.82, 2.24) is 5.32 Å². The molecular formula is C14H22N2O2S. The molecule has 106 valence electrons. The van der Waals surface area contributed by atoms with Crippen molar-refractivity contribution in [3.05, 3.63) is 24.3 Å². The van der Waals surface area contributed by atoms with Gasteiger partial charge in [-0.15, -0.1) is 0 Å². The third-order valence-corrected chi connectivity index (χ3v) is 5.27. The predicted octanol–water partition coefficient (Wildman–Crippen LogP) is 1.67. The Labute approximate surface area is 115 Å². The molecule has 0 aromatic heterocycles. The second-order valence-corrected chi connectivity index (χ2v) is 7.85. The summed E-state index contributed by atoms with van der Waals surface area (Å²) in [5.74, 6) is 0.138. The summed E-state index contributed by atoms with van der Waals surface area (Å²) in [6.45, 7) is 8.47. The summed E-state index contributed by atoms with van der Waals surface area (Å²) in [7, 11) is -3.18. The minimum Gasteiger partial charge on any atom is -0.367 e. The summed E-state index contributed by atoms with van der Waals surface area (Å²) < 4.78 is 24.4. The molecule has 0 bridgehead atoms. The number of nitrogens with one attached hydrogen (secondary N) is 1. The highest BCUT2D eigenvalue weighted by molar-refractivity contribution is 7.91. The standard InChI is InChI=1S/C14H22N2O2S/c1-4-19(17,18)13-8-6-5-7-12(13)16-10-9-15-14(2,3)11-16/h5-8,15H,4,9-11H2,1-3H3. The number of sulfone groups is 1. The van der Waals surface area contributed by atoms with Crippen molar-refractivity contribution in [2.24, 2.45) is 0 Å². The Bertz CT molecular complexity index is 552. The van der Waals surface area contributed by atoms with E-state index in [1.807, 2.05) is 12.1 Å². The van der Waals surface area contributed by atoms with Crippen LogP contribution in [0.4, 0.5) is 5.69 Å². The summed E-state index contributed by atoms with van der Waals surface area (Å²) in [6.07, 6.45) is 0. The molecule has 1 saturated heterocycles. The molecule has 2 rings (SSSR count). The van der Waals surface area contributed by atoms with Gasteiger partial charge in [0.05, 0.1) is 16.3 Å².